The van der Waals surface area contributed by atoms with Crippen molar-refractivity contribution < 1.29 is 4.74 Å². The normalized spacial score (nSPS) is 25.0. The molecule has 0 amide bonds. The first-order valence-electron chi connectivity index (χ1n) is 10.1. The molecule has 6 heterocycles. The highest BCUT2D eigenvalue weighted by atomic mass is 16.5. The van der Waals surface area contributed by atoms with Crippen LogP contribution in [0.3, 0.4) is 0 Å². The van der Waals surface area contributed by atoms with Crippen molar-refractivity contribution in [3.63, 3.8) is 0 Å². The molecule has 3 fully saturated rings. The minimum absolute atomic E-state index is 0.326. The lowest BCUT2D eigenvalue weighted by molar-refractivity contribution is 0.0301. The van der Waals surface area contributed by atoms with Crippen LogP contribution < -0.4 is 15.1 Å². The van der Waals surface area contributed by atoms with Gasteiger partial charge < -0.3 is 19.9 Å². The van der Waals surface area contributed by atoms with Crippen LogP contribution in [0.5, 0.6) is 0 Å². The Labute approximate surface area is 162 Å². The fourth-order valence-corrected chi connectivity index (χ4v) is 4.62. The Bertz CT molecular complexity index is 965. The average Bonchev–Trinajstić information content (AvgIpc) is 3.47. The van der Waals surface area contributed by atoms with Gasteiger partial charge in [0.15, 0.2) is 11.6 Å². The summed E-state index contributed by atoms with van der Waals surface area (Å²) < 4.78 is 7.99. The lowest BCUT2D eigenvalue weighted by atomic mass is 10.2. The van der Waals surface area contributed by atoms with Crippen molar-refractivity contribution in [1.29, 1.82) is 0 Å². The van der Waals surface area contributed by atoms with Crippen LogP contribution in [0.15, 0.2) is 24.5 Å². The quantitative estimate of drug-likeness (QED) is 0.698. The molecular weight excluding hydrogens is 356 g/mol. The van der Waals surface area contributed by atoms with E-state index in [1.165, 1.54) is 5.69 Å². The maximum Gasteiger partial charge on any atom is 0.182 e. The van der Waals surface area contributed by atoms with Crippen molar-refractivity contribution in [1.82, 2.24) is 30.1 Å². The second-order valence-electron chi connectivity index (χ2n) is 7.83. The van der Waals surface area contributed by atoms with Crippen LogP contribution in [0.4, 0.5) is 11.5 Å². The molecule has 0 radical (unpaired) electrons. The molecule has 3 aliphatic rings. The number of fused-ring (bicyclic) bond motifs is 3. The zero-order chi connectivity index (χ0) is 18.5. The van der Waals surface area contributed by atoms with Crippen molar-refractivity contribution in [2.24, 2.45) is 0 Å². The lowest BCUT2D eigenvalue weighted by Crippen LogP contribution is -2.45. The highest BCUT2D eigenvalue weighted by molar-refractivity contribution is 5.77. The number of hydrogen-bond acceptors (Lipinski definition) is 7. The van der Waals surface area contributed by atoms with Crippen LogP contribution in [0.25, 0.3) is 17.0 Å². The monoisotopic (exact) mass is 380 g/mol. The zero-order valence-corrected chi connectivity index (χ0v) is 15.7. The van der Waals surface area contributed by atoms with Gasteiger partial charge in [0.05, 0.1) is 24.1 Å². The van der Waals surface area contributed by atoms with Crippen molar-refractivity contribution in [3.05, 3.63) is 24.5 Å². The van der Waals surface area contributed by atoms with Crippen LogP contribution in [-0.4, -0.2) is 76.3 Å². The van der Waals surface area contributed by atoms with Gasteiger partial charge in [-0.05, 0) is 18.9 Å². The molecule has 2 bridgehead atoms. The summed E-state index contributed by atoms with van der Waals surface area (Å²) in [5.74, 6) is 1.77. The van der Waals surface area contributed by atoms with Gasteiger partial charge in [0, 0.05) is 51.5 Å². The summed E-state index contributed by atoms with van der Waals surface area (Å²) >= 11 is 0. The van der Waals surface area contributed by atoms with Crippen molar-refractivity contribution in [3.8, 4) is 11.5 Å². The van der Waals surface area contributed by atoms with Gasteiger partial charge in [0.1, 0.15) is 11.2 Å². The second kappa shape index (κ2) is 6.46. The molecule has 0 spiro atoms. The van der Waals surface area contributed by atoms with Crippen molar-refractivity contribution in [2.45, 2.75) is 25.0 Å². The molecule has 2 atom stereocenters. The zero-order valence-electron chi connectivity index (χ0n) is 15.7. The van der Waals surface area contributed by atoms with E-state index in [1.807, 2.05) is 23.0 Å². The lowest BCUT2D eigenvalue weighted by Gasteiger charge is -2.34. The summed E-state index contributed by atoms with van der Waals surface area (Å²) in [6, 6.07) is 4.17. The van der Waals surface area contributed by atoms with E-state index < -0.39 is 0 Å². The number of aromatic amines is 1. The number of morpholine rings is 1. The Morgan fingerprint density at radius 1 is 1.07 bits per heavy atom. The number of rotatable bonds is 3. The smallest absolute Gasteiger partial charge is 0.182 e. The molecule has 3 aliphatic heterocycles. The number of piperazine rings is 1. The second-order valence-corrected chi connectivity index (χ2v) is 7.83. The maximum absolute atomic E-state index is 6.03. The Morgan fingerprint density at radius 2 is 1.89 bits per heavy atom. The molecule has 0 aromatic carbocycles. The van der Waals surface area contributed by atoms with Crippen molar-refractivity contribution in [2.75, 3.05) is 49.1 Å². The van der Waals surface area contributed by atoms with Gasteiger partial charge in [0.25, 0.3) is 0 Å². The molecule has 28 heavy (non-hydrogen) atoms. The largest absolute Gasteiger partial charge is 0.371 e. The number of anilines is 2. The van der Waals surface area contributed by atoms with Crippen LogP contribution in [0.1, 0.15) is 12.8 Å². The van der Waals surface area contributed by atoms with Crippen LogP contribution in [0, 0.1) is 0 Å². The summed E-state index contributed by atoms with van der Waals surface area (Å²) in [4.78, 5) is 9.47. The first-order valence-corrected chi connectivity index (χ1v) is 10.1. The fraction of sp³-hybridized carbons (Fsp3) is 0.526. The first-order chi connectivity index (χ1) is 13.8. The number of ether oxygens (including phenoxy) is 1. The molecule has 146 valence electrons. The van der Waals surface area contributed by atoms with E-state index in [2.05, 4.69) is 36.4 Å². The van der Waals surface area contributed by atoms with Gasteiger partial charge in [-0.1, -0.05) is 0 Å². The summed E-state index contributed by atoms with van der Waals surface area (Å²) in [5, 5.41) is 15.6. The van der Waals surface area contributed by atoms with Gasteiger partial charge >= 0.3 is 0 Å². The molecule has 2 unspecified atom stereocenters. The van der Waals surface area contributed by atoms with Crippen LogP contribution >= 0.6 is 0 Å². The maximum atomic E-state index is 6.03. The van der Waals surface area contributed by atoms with Crippen LogP contribution in [0.2, 0.25) is 0 Å². The number of nitrogens with one attached hydrogen (secondary N) is 2. The molecule has 9 heteroatoms. The average molecular weight is 380 g/mol. The number of aromatic nitrogens is 5. The molecule has 9 nitrogen and oxygen atoms in total. The standard InChI is InChI=1S/C19H24N8O/c1-2-14-12-26(11-13(1)28-14)18-9-16(25-7-5-20-6-8-25)17-10-21-19(27(17)24-18)15-3-4-22-23-15/h3-4,9-10,13-14,20H,1-2,5-8,11-12H2,(H,22,23). The van der Waals surface area contributed by atoms with Gasteiger partial charge in [-0.15, -0.1) is 5.10 Å². The predicted molar refractivity (Wildman–Crippen MR) is 106 cm³/mol. The third-order valence-electron chi connectivity index (χ3n) is 6.02. The SMILES string of the molecule is c1cc(-c2ncc3c(N4CCNCC4)cc(N4CC5CCC(C4)O5)nn23)n[nH]1. The van der Waals surface area contributed by atoms with E-state index in [0.29, 0.717) is 12.2 Å². The van der Waals surface area contributed by atoms with E-state index >= 15 is 0 Å². The molecule has 3 saturated heterocycles. The molecule has 6 rings (SSSR count). The predicted octanol–water partition coefficient (Wildman–Crippen LogP) is 0.897. The minimum atomic E-state index is 0.326. The molecular formula is C19H24N8O. The topological polar surface area (TPSA) is 86.6 Å². The third-order valence-corrected chi connectivity index (χ3v) is 6.02. The van der Waals surface area contributed by atoms with Gasteiger partial charge in [-0.2, -0.15) is 5.10 Å². The molecule has 0 aliphatic carbocycles. The highest BCUT2D eigenvalue weighted by Gasteiger charge is 2.35. The van der Waals surface area contributed by atoms with Gasteiger partial charge in [-0.3, -0.25) is 5.10 Å². The summed E-state index contributed by atoms with van der Waals surface area (Å²) in [7, 11) is 0. The molecule has 2 N–H and O–H groups in total. The minimum Gasteiger partial charge on any atom is -0.371 e. The molecule has 3 aromatic heterocycles. The third kappa shape index (κ3) is 2.65. The van der Waals surface area contributed by atoms with Crippen LogP contribution in [-0.2, 0) is 4.74 Å². The Morgan fingerprint density at radius 3 is 2.64 bits per heavy atom. The van der Waals surface area contributed by atoms with Crippen molar-refractivity contribution >= 4 is 17.0 Å². The van der Waals surface area contributed by atoms with E-state index in [-0.39, 0.29) is 0 Å². The van der Waals surface area contributed by atoms with E-state index in [9.17, 15) is 0 Å². The Balaban J connectivity index is 1.48. The van der Waals surface area contributed by atoms with E-state index in [1.54, 1.807) is 0 Å². The number of hydrogen-bond donors (Lipinski definition) is 2. The summed E-state index contributed by atoms with van der Waals surface area (Å²) in [5.41, 5.74) is 3.03. The van der Waals surface area contributed by atoms with E-state index in [0.717, 1.165) is 75.0 Å². The van der Waals surface area contributed by atoms with E-state index in [4.69, 9.17) is 9.84 Å². The fourth-order valence-electron chi connectivity index (χ4n) is 4.62. The summed E-state index contributed by atoms with van der Waals surface area (Å²) in [6.07, 6.45) is 6.69. The number of H-pyrrole nitrogens is 1. The number of nitrogens with zero attached hydrogens (tertiary/aromatic N) is 6. The molecule has 0 saturated carbocycles. The Kier molecular flexibility index (Phi) is 3.76. The number of imidazole rings is 1. The van der Waals surface area contributed by atoms with Gasteiger partial charge in [0.2, 0.25) is 0 Å². The van der Waals surface area contributed by atoms with Gasteiger partial charge in [-0.25, -0.2) is 9.50 Å². The first kappa shape index (κ1) is 16.3. The Hall–Kier alpha value is -2.65. The molecule has 3 aromatic rings. The highest BCUT2D eigenvalue weighted by Crippen LogP contribution is 2.33. The summed E-state index contributed by atoms with van der Waals surface area (Å²) in [6.45, 7) is 5.76.